The van der Waals surface area contributed by atoms with Gasteiger partial charge in [-0.15, -0.1) is 0 Å². The standard InChI is InChI=1S/C23H30N6O4S.C2HF3O2/c1-32-20-14-17(34(30,31)29-10-12-33-13-11-29)6-7-19(20)26-23-27-21-18(8-9-24-21)22(28-23)25-15-16-4-2-3-5-16;3-2(4,5)1(6)7/h6-9,14,16H,2-5,10-13,15H2,1H3,(H3,24,25,26,27,28);(H,6,7). The van der Waals surface area contributed by atoms with E-state index in [1.807, 2.05) is 12.3 Å². The number of carboxylic acid groups (broad SMARTS) is 1. The van der Waals surface area contributed by atoms with Gasteiger partial charge in [-0.1, -0.05) is 12.8 Å². The SMILES string of the molecule is COc1cc(S(=O)(=O)N2CCOCC2)ccc1Nc1nc(NCC2CCCC2)c2cc[nH]c2n1.O=C(O)C(F)(F)F. The van der Waals surface area contributed by atoms with Crippen LogP contribution in [-0.2, 0) is 19.6 Å². The van der Waals surface area contributed by atoms with Crippen LogP contribution in [0.2, 0.25) is 0 Å². The van der Waals surface area contributed by atoms with Gasteiger partial charge < -0.3 is 30.2 Å². The number of alkyl halides is 3. The molecule has 1 aromatic carbocycles. The number of benzene rings is 1. The number of hydrogen-bond donors (Lipinski definition) is 4. The summed E-state index contributed by atoms with van der Waals surface area (Å²) in [7, 11) is -2.12. The summed E-state index contributed by atoms with van der Waals surface area (Å²) in [4.78, 5) is 21.5. The number of carbonyl (C=O) groups is 1. The normalized spacial score (nSPS) is 16.7. The number of fused-ring (bicyclic) bond motifs is 1. The minimum Gasteiger partial charge on any atom is -0.495 e. The average molecular weight is 601 g/mol. The fraction of sp³-hybridized carbons (Fsp3) is 0.480. The van der Waals surface area contributed by atoms with Gasteiger partial charge in [-0.05, 0) is 37.0 Å². The van der Waals surface area contributed by atoms with Crippen molar-refractivity contribution in [1.29, 1.82) is 0 Å². The van der Waals surface area contributed by atoms with Crippen LogP contribution in [0.4, 0.5) is 30.6 Å². The summed E-state index contributed by atoms with van der Waals surface area (Å²) in [6, 6.07) is 6.74. The van der Waals surface area contributed by atoms with E-state index in [1.165, 1.54) is 43.2 Å². The molecule has 0 bridgehead atoms. The van der Waals surface area contributed by atoms with E-state index in [4.69, 9.17) is 24.4 Å². The molecule has 1 saturated carbocycles. The third-order valence-electron chi connectivity index (χ3n) is 6.72. The van der Waals surface area contributed by atoms with E-state index in [1.54, 1.807) is 12.1 Å². The molecular weight excluding hydrogens is 569 g/mol. The Morgan fingerprint density at radius 1 is 1.20 bits per heavy atom. The Kier molecular flexibility index (Phi) is 9.55. The molecule has 1 saturated heterocycles. The molecule has 2 aliphatic rings. The Bertz CT molecular complexity index is 1450. The minimum absolute atomic E-state index is 0.177. The van der Waals surface area contributed by atoms with E-state index in [2.05, 4.69) is 20.6 Å². The number of nitrogens with one attached hydrogen (secondary N) is 3. The first-order valence-corrected chi connectivity index (χ1v) is 14.3. The zero-order chi connectivity index (χ0) is 29.6. The summed E-state index contributed by atoms with van der Waals surface area (Å²) in [5.41, 5.74) is 1.30. The Hall–Kier alpha value is -3.63. The van der Waals surface area contributed by atoms with Crippen LogP contribution in [-0.4, -0.2) is 84.9 Å². The maximum atomic E-state index is 13.0. The molecule has 0 atom stereocenters. The molecule has 3 aromatic rings. The first-order chi connectivity index (χ1) is 19.5. The molecule has 12 nitrogen and oxygen atoms in total. The number of ether oxygens (including phenoxy) is 2. The highest BCUT2D eigenvalue weighted by atomic mass is 32.2. The number of aliphatic carboxylic acids is 1. The van der Waals surface area contributed by atoms with Crippen molar-refractivity contribution in [3.05, 3.63) is 30.5 Å². The summed E-state index contributed by atoms with van der Waals surface area (Å²) >= 11 is 0. The lowest BCUT2D eigenvalue weighted by atomic mass is 10.1. The fourth-order valence-corrected chi connectivity index (χ4v) is 6.00. The molecule has 16 heteroatoms. The molecule has 2 fully saturated rings. The van der Waals surface area contributed by atoms with Crippen LogP contribution >= 0.6 is 0 Å². The van der Waals surface area contributed by atoms with Gasteiger partial charge >= 0.3 is 12.1 Å². The highest BCUT2D eigenvalue weighted by Crippen LogP contribution is 2.32. The van der Waals surface area contributed by atoms with Gasteiger partial charge in [0.25, 0.3) is 0 Å². The van der Waals surface area contributed by atoms with Crippen LogP contribution in [0.3, 0.4) is 0 Å². The molecule has 3 heterocycles. The second-order valence-corrected chi connectivity index (χ2v) is 11.4. The lowest BCUT2D eigenvalue weighted by Crippen LogP contribution is -2.40. The van der Waals surface area contributed by atoms with E-state index in [0.29, 0.717) is 49.6 Å². The van der Waals surface area contributed by atoms with Crippen LogP contribution in [0.25, 0.3) is 11.0 Å². The van der Waals surface area contributed by atoms with Crippen molar-refractivity contribution in [1.82, 2.24) is 19.3 Å². The number of carboxylic acids is 1. The molecule has 5 rings (SSSR count). The quantitative estimate of drug-likeness (QED) is 0.298. The summed E-state index contributed by atoms with van der Waals surface area (Å²) in [5, 5.41) is 14.8. The average Bonchev–Trinajstić information content (AvgIpc) is 3.64. The van der Waals surface area contributed by atoms with E-state index >= 15 is 0 Å². The molecule has 1 aliphatic heterocycles. The third-order valence-corrected chi connectivity index (χ3v) is 8.61. The van der Waals surface area contributed by atoms with Gasteiger partial charge in [0.15, 0.2) is 0 Å². The Morgan fingerprint density at radius 3 is 2.51 bits per heavy atom. The maximum Gasteiger partial charge on any atom is 0.490 e. The largest absolute Gasteiger partial charge is 0.495 e. The fourth-order valence-electron chi connectivity index (χ4n) is 4.58. The molecule has 0 amide bonds. The molecule has 0 unspecified atom stereocenters. The molecule has 1 aliphatic carbocycles. The van der Waals surface area contributed by atoms with Crippen molar-refractivity contribution in [2.75, 3.05) is 50.6 Å². The van der Waals surface area contributed by atoms with Crippen LogP contribution in [0.15, 0.2) is 35.4 Å². The number of hydrogen-bond acceptors (Lipinski definition) is 9. The van der Waals surface area contributed by atoms with Gasteiger partial charge in [-0.3, -0.25) is 0 Å². The number of aromatic nitrogens is 3. The topological polar surface area (TPSA) is 159 Å². The Labute approximate surface area is 234 Å². The molecule has 4 N–H and O–H groups in total. The highest BCUT2D eigenvalue weighted by molar-refractivity contribution is 7.89. The van der Waals surface area contributed by atoms with Crippen molar-refractivity contribution >= 4 is 44.5 Å². The predicted octanol–water partition coefficient (Wildman–Crippen LogP) is 3.97. The van der Waals surface area contributed by atoms with Crippen LogP contribution in [0, 0.1) is 5.92 Å². The summed E-state index contributed by atoms with van der Waals surface area (Å²) in [6.07, 6.45) is 1.83. The number of H-pyrrole nitrogens is 1. The number of rotatable bonds is 8. The number of nitrogens with zero attached hydrogens (tertiary/aromatic N) is 3. The smallest absolute Gasteiger partial charge is 0.490 e. The molecule has 0 spiro atoms. The number of sulfonamides is 1. The van der Waals surface area contributed by atoms with Gasteiger partial charge in [-0.25, -0.2) is 13.2 Å². The van der Waals surface area contributed by atoms with Gasteiger partial charge in [0.05, 0.1) is 36.3 Å². The van der Waals surface area contributed by atoms with Gasteiger partial charge in [0.1, 0.15) is 17.2 Å². The van der Waals surface area contributed by atoms with Crippen LogP contribution in [0.5, 0.6) is 5.75 Å². The zero-order valence-corrected chi connectivity index (χ0v) is 23.0. The first kappa shape index (κ1) is 30.3. The summed E-state index contributed by atoms with van der Waals surface area (Å²) in [6.45, 7) is 2.35. The van der Waals surface area contributed by atoms with Crippen molar-refractivity contribution in [2.24, 2.45) is 5.92 Å². The van der Waals surface area contributed by atoms with Gasteiger partial charge in [0, 0.05) is 31.9 Å². The van der Waals surface area contributed by atoms with Crippen molar-refractivity contribution < 1.29 is 41.0 Å². The number of halogens is 3. The monoisotopic (exact) mass is 600 g/mol. The van der Waals surface area contributed by atoms with Crippen LogP contribution < -0.4 is 15.4 Å². The van der Waals surface area contributed by atoms with E-state index < -0.39 is 22.2 Å². The van der Waals surface area contributed by atoms with E-state index in [-0.39, 0.29) is 4.90 Å². The number of aromatic amines is 1. The highest BCUT2D eigenvalue weighted by Gasteiger charge is 2.38. The Balaban J connectivity index is 0.000000493. The van der Waals surface area contributed by atoms with Crippen molar-refractivity contribution in [2.45, 2.75) is 36.8 Å². The lowest BCUT2D eigenvalue weighted by molar-refractivity contribution is -0.192. The lowest BCUT2D eigenvalue weighted by Gasteiger charge is -2.26. The molecule has 224 valence electrons. The number of morpholine rings is 1. The van der Waals surface area contributed by atoms with Gasteiger partial charge in [0.2, 0.25) is 16.0 Å². The first-order valence-electron chi connectivity index (χ1n) is 12.9. The van der Waals surface area contributed by atoms with Crippen molar-refractivity contribution in [3.8, 4) is 5.75 Å². The second-order valence-electron chi connectivity index (χ2n) is 9.47. The zero-order valence-electron chi connectivity index (χ0n) is 22.2. The van der Waals surface area contributed by atoms with Gasteiger partial charge in [-0.2, -0.15) is 27.4 Å². The predicted molar refractivity (Wildman–Crippen MR) is 144 cm³/mol. The summed E-state index contributed by atoms with van der Waals surface area (Å²) in [5.74, 6) is -0.531. The summed E-state index contributed by atoms with van der Waals surface area (Å²) < 4.78 is 70.0. The number of methoxy groups -OCH3 is 1. The van der Waals surface area contributed by atoms with Crippen molar-refractivity contribution in [3.63, 3.8) is 0 Å². The van der Waals surface area contributed by atoms with E-state index in [0.717, 1.165) is 23.4 Å². The minimum atomic E-state index is -5.08. The molecule has 41 heavy (non-hydrogen) atoms. The number of anilines is 3. The maximum absolute atomic E-state index is 13.0. The third kappa shape index (κ3) is 7.56. The second kappa shape index (κ2) is 12.9. The molecule has 0 radical (unpaired) electrons. The van der Waals surface area contributed by atoms with E-state index in [9.17, 15) is 21.6 Å². The molecular formula is C25H31F3N6O6S. The van der Waals surface area contributed by atoms with Crippen LogP contribution in [0.1, 0.15) is 25.7 Å². The Morgan fingerprint density at radius 2 is 1.88 bits per heavy atom. The molecule has 2 aromatic heterocycles.